The van der Waals surface area contributed by atoms with Crippen molar-refractivity contribution in [2.24, 2.45) is 0 Å². The topological polar surface area (TPSA) is 139 Å². The van der Waals surface area contributed by atoms with Crippen LogP contribution >= 0.6 is 0 Å². The molecule has 0 bridgehead atoms. The van der Waals surface area contributed by atoms with E-state index in [1.54, 1.807) is 6.92 Å². The van der Waals surface area contributed by atoms with Gasteiger partial charge in [0.2, 0.25) is 11.8 Å². The fourth-order valence-electron chi connectivity index (χ4n) is 2.81. The van der Waals surface area contributed by atoms with Gasteiger partial charge in [-0.3, -0.25) is 9.59 Å². The van der Waals surface area contributed by atoms with E-state index >= 15 is 0 Å². The summed E-state index contributed by atoms with van der Waals surface area (Å²) < 4.78 is 0. The number of carboxylic acids is 1. The fourth-order valence-corrected chi connectivity index (χ4v) is 2.81. The van der Waals surface area contributed by atoms with Gasteiger partial charge in [0.05, 0.1) is 6.54 Å². The van der Waals surface area contributed by atoms with E-state index in [1.165, 1.54) is 4.90 Å². The molecule has 24 heavy (non-hydrogen) atoms. The van der Waals surface area contributed by atoms with E-state index in [4.69, 9.17) is 10.2 Å². The highest BCUT2D eigenvalue weighted by Crippen LogP contribution is 2.29. The number of nitrogens with zero attached hydrogens (tertiary/aromatic N) is 1. The van der Waals surface area contributed by atoms with Gasteiger partial charge in [-0.25, -0.2) is 4.79 Å². The Balaban J connectivity index is 2.78. The molecule has 0 spiro atoms. The normalized spacial score (nSPS) is 21.8. The van der Waals surface area contributed by atoms with E-state index in [0.717, 1.165) is 0 Å². The third-order valence-electron chi connectivity index (χ3n) is 4.27. The second-order valence-electron chi connectivity index (χ2n) is 6.13. The zero-order chi connectivity index (χ0) is 18.3. The number of carbonyl (C=O) groups excluding carboxylic acids is 2. The summed E-state index contributed by atoms with van der Waals surface area (Å²) in [5.74, 6) is -1.99. The SMILES string of the molecule is CCNCC(=O)N1CCCC1(C)C(=O)NC(CCC(O)O)C(=O)O. The third-order valence-corrected chi connectivity index (χ3v) is 4.27. The molecule has 2 amide bonds. The van der Waals surface area contributed by atoms with Gasteiger partial charge in [0.1, 0.15) is 11.6 Å². The van der Waals surface area contributed by atoms with E-state index < -0.39 is 29.7 Å². The highest BCUT2D eigenvalue weighted by Gasteiger charge is 2.46. The Morgan fingerprint density at radius 3 is 2.46 bits per heavy atom. The maximum absolute atomic E-state index is 12.6. The molecule has 1 aliphatic rings. The van der Waals surface area contributed by atoms with Crippen molar-refractivity contribution in [2.75, 3.05) is 19.6 Å². The van der Waals surface area contributed by atoms with Gasteiger partial charge < -0.3 is 30.9 Å². The van der Waals surface area contributed by atoms with Crippen LogP contribution in [0.3, 0.4) is 0 Å². The van der Waals surface area contributed by atoms with Gasteiger partial charge in [-0.15, -0.1) is 0 Å². The Bertz CT molecular complexity index is 470. The highest BCUT2D eigenvalue weighted by molar-refractivity contribution is 5.94. The van der Waals surface area contributed by atoms with Gasteiger partial charge in [-0.1, -0.05) is 6.92 Å². The molecule has 1 fully saturated rings. The van der Waals surface area contributed by atoms with Crippen molar-refractivity contribution >= 4 is 17.8 Å². The first-order valence-electron chi connectivity index (χ1n) is 8.13. The Hall–Kier alpha value is -1.71. The highest BCUT2D eigenvalue weighted by atomic mass is 16.5. The standard InChI is InChI=1S/C15H27N3O6/c1-3-16-9-11(19)18-8-4-7-15(18,2)14(24)17-10(13(22)23)5-6-12(20)21/h10,12,16,20-21H,3-9H2,1-2H3,(H,17,24)(H,22,23). The number of likely N-dealkylation sites (N-methyl/N-ethyl adjacent to an activating group) is 1. The Morgan fingerprint density at radius 1 is 1.25 bits per heavy atom. The number of amides is 2. The molecule has 5 N–H and O–H groups in total. The van der Waals surface area contributed by atoms with Gasteiger partial charge in [-0.05, 0) is 32.7 Å². The van der Waals surface area contributed by atoms with Crippen LogP contribution in [-0.2, 0) is 14.4 Å². The number of rotatable bonds is 9. The second-order valence-corrected chi connectivity index (χ2v) is 6.13. The second kappa shape index (κ2) is 8.95. The Kier molecular flexibility index (Phi) is 7.59. The number of likely N-dealkylation sites (tertiary alicyclic amines) is 1. The third kappa shape index (κ3) is 5.15. The number of hydrogen-bond donors (Lipinski definition) is 5. The number of aliphatic hydroxyl groups excluding tert-OH is 1. The Morgan fingerprint density at radius 2 is 1.92 bits per heavy atom. The van der Waals surface area contributed by atoms with Gasteiger partial charge in [0.15, 0.2) is 6.29 Å². The molecule has 1 saturated heterocycles. The Labute approximate surface area is 141 Å². The first kappa shape index (κ1) is 20.3. The van der Waals surface area contributed by atoms with Crippen LogP contribution in [0.5, 0.6) is 0 Å². The lowest BCUT2D eigenvalue weighted by molar-refractivity contribution is -0.147. The van der Waals surface area contributed by atoms with Crippen molar-refractivity contribution in [3.8, 4) is 0 Å². The maximum atomic E-state index is 12.6. The van der Waals surface area contributed by atoms with Crippen molar-refractivity contribution in [1.29, 1.82) is 0 Å². The van der Waals surface area contributed by atoms with Gasteiger partial charge in [0, 0.05) is 13.0 Å². The average molecular weight is 345 g/mol. The molecular formula is C15H27N3O6. The summed E-state index contributed by atoms with van der Waals surface area (Å²) in [6, 6.07) is -1.23. The minimum atomic E-state index is -1.64. The van der Waals surface area contributed by atoms with Crippen LogP contribution in [0.1, 0.15) is 39.5 Å². The molecule has 1 aliphatic heterocycles. The van der Waals surface area contributed by atoms with E-state index in [-0.39, 0.29) is 25.3 Å². The summed E-state index contributed by atoms with van der Waals surface area (Å²) in [6.07, 6.45) is -0.804. The number of nitrogens with one attached hydrogen (secondary N) is 2. The summed E-state index contributed by atoms with van der Waals surface area (Å²) in [7, 11) is 0. The summed E-state index contributed by atoms with van der Waals surface area (Å²) in [5, 5.41) is 32.3. The van der Waals surface area contributed by atoms with Crippen molar-refractivity contribution < 1.29 is 29.7 Å². The summed E-state index contributed by atoms with van der Waals surface area (Å²) in [5.41, 5.74) is -1.10. The smallest absolute Gasteiger partial charge is 0.326 e. The molecule has 0 aromatic carbocycles. The van der Waals surface area contributed by atoms with Crippen LogP contribution in [0, 0.1) is 0 Å². The molecule has 138 valence electrons. The van der Waals surface area contributed by atoms with E-state index in [0.29, 0.717) is 25.9 Å². The number of hydrogen-bond acceptors (Lipinski definition) is 6. The largest absolute Gasteiger partial charge is 0.480 e. The quantitative estimate of drug-likeness (QED) is 0.325. The summed E-state index contributed by atoms with van der Waals surface area (Å²) in [6.45, 7) is 4.70. The van der Waals surface area contributed by atoms with Crippen molar-refractivity contribution in [3.63, 3.8) is 0 Å². The van der Waals surface area contributed by atoms with Crippen molar-refractivity contribution in [1.82, 2.24) is 15.5 Å². The molecule has 2 atom stereocenters. The molecule has 0 aromatic heterocycles. The molecule has 9 heteroatoms. The van der Waals surface area contributed by atoms with Gasteiger partial charge in [0.25, 0.3) is 0 Å². The lowest BCUT2D eigenvalue weighted by Crippen LogP contribution is -2.59. The molecule has 0 saturated carbocycles. The number of aliphatic hydroxyl groups is 2. The van der Waals surface area contributed by atoms with Crippen LogP contribution in [-0.4, -0.2) is 75.5 Å². The molecule has 9 nitrogen and oxygen atoms in total. The molecule has 0 radical (unpaired) electrons. The first-order chi connectivity index (χ1) is 11.2. The van der Waals surface area contributed by atoms with E-state index in [2.05, 4.69) is 10.6 Å². The molecule has 2 unspecified atom stereocenters. The maximum Gasteiger partial charge on any atom is 0.326 e. The number of carbonyl (C=O) groups is 3. The predicted molar refractivity (Wildman–Crippen MR) is 84.9 cm³/mol. The van der Waals surface area contributed by atoms with E-state index in [9.17, 15) is 19.5 Å². The average Bonchev–Trinajstić information content (AvgIpc) is 2.91. The molecule has 1 heterocycles. The number of carboxylic acid groups (broad SMARTS) is 1. The fraction of sp³-hybridized carbons (Fsp3) is 0.800. The zero-order valence-electron chi connectivity index (χ0n) is 14.1. The van der Waals surface area contributed by atoms with Crippen LogP contribution < -0.4 is 10.6 Å². The zero-order valence-corrected chi connectivity index (χ0v) is 14.1. The van der Waals surface area contributed by atoms with Gasteiger partial charge >= 0.3 is 5.97 Å². The summed E-state index contributed by atoms with van der Waals surface area (Å²) >= 11 is 0. The van der Waals surface area contributed by atoms with Crippen molar-refractivity contribution in [3.05, 3.63) is 0 Å². The lowest BCUT2D eigenvalue weighted by Gasteiger charge is -2.35. The lowest BCUT2D eigenvalue weighted by atomic mass is 9.96. The van der Waals surface area contributed by atoms with Crippen LogP contribution in [0.15, 0.2) is 0 Å². The first-order valence-corrected chi connectivity index (χ1v) is 8.13. The molecular weight excluding hydrogens is 318 g/mol. The minimum absolute atomic E-state index is 0.111. The molecule has 0 aromatic rings. The van der Waals surface area contributed by atoms with Crippen LogP contribution in [0.4, 0.5) is 0 Å². The van der Waals surface area contributed by atoms with Crippen LogP contribution in [0.25, 0.3) is 0 Å². The molecule has 1 rings (SSSR count). The predicted octanol–water partition coefficient (Wildman–Crippen LogP) is -1.36. The molecule has 0 aliphatic carbocycles. The van der Waals surface area contributed by atoms with Crippen molar-refractivity contribution in [2.45, 2.75) is 57.4 Å². The van der Waals surface area contributed by atoms with Gasteiger partial charge in [-0.2, -0.15) is 0 Å². The van der Waals surface area contributed by atoms with E-state index in [1.807, 2.05) is 6.92 Å². The number of aliphatic carboxylic acids is 1. The minimum Gasteiger partial charge on any atom is -0.480 e. The monoisotopic (exact) mass is 345 g/mol. The summed E-state index contributed by atoms with van der Waals surface area (Å²) in [4.78, 5) is 37.6. The van der Waals surface area contributed by atoms with Crippen LogP contribution in [0.2, 0.25) is 0 Å².